The average Bonchev–Trinajstić information content (AvgIpc) is 3.27. The van der Waals surface area contributed by atoms with E-state index in [0.29, 0.717) is 32.5 Å². The Morgan fingerprint density at radius 2 is 2.09 bits per heavy atom. The van der Waals surface area contributed by atoms with E-state index in [9.17, 15) is 14.7 Å². The number of rotatable bonds is 5. The van der Waals surface area contributed by atoms with E-state index in [1.54, 1.807) is 21.5 Å². The van der Waals surface area contributed by atoms with E-state index < -0.39 is 0 Å². The lowest BCUT2D eigenvalue weighted by atomic mass is 9.96. The van der Waals surface area contributed by atoms with Crippen molar-refractivity contribution in [2.75, 3.05) is 26.7 Å². The van der Waals surface area contributed by atoms with Crippen LogP contribution in [0.5, 0.6) is 0 Å². The fourth-order valence-corrected chi connectivity index (χ4v) is 4.58. The summed E-state index contributed by atoms with van der Waals surface area (Å²) in [4.78, 5) is 29.2. The molecule has 1 aliphatic heterocycles. The van der Waals surface area contributed by atoms with E-state index in [1.807, 2.05) is 20.0 Å². The number of hydrogen-bond donors (Lipinski definition) is 2. The van der Waals surface area contributed by atoms with Crippen LogP contribution in [-0.4, -0.2) is 86.8 Å². The molecule has 2 heterocycles. The highest BCUT2D eigenvalue weighted by molar-refractivity contribution is 5.76. The molecular weight excluding hydrogens is 424 g/mol. The maximum Gasteiger partial charge on any atom is 0.317 e. The molecule has 3 rings (SSSR count). The highest BCUT2D eigenvalue weighted by Gasteiger charge is 2.29. The zero-order chi connectivity index (χ0) is 23.8. The highest BCUT2D eigenvalue weighted by Crippen LogP contribution is 2.19. The molecule has 0 radical (unpaired) electrons. The van der Waals surface area contributed by atoms with Gasteiger partial charge in [-0.3, -0.25) is 9.48 Å². The number of nitrogens with one attached hydrogen (secondary N) is 1. The molecule has 1 aromatic heterocycles. The van der Waals surface area contributed by atoms with E-state index in [1.165, 1.54) is 6.42 Å². The first-order valence-corrected chi connectivity index (χ1v) is 12.3. The summed E-state index contributed by atoms with van der Waals surface area (Å²) in [6.45, 7) is 5.51. The molecule has 2 aliphatic rings. The van der Waals surface area contributed by atoms with Crippen LogP contribution < -0.4 is 5.32 Å². The number of aliphatic hydroxyl groups is 1. The standard InChI is InChI=1S/C23H40N6O4/c1-17-12-29(18(2)15-30)22(31)10-7-11-28-13-20(25-26-28)16-33-21(17)14-27(3)23(32)24-19-8-5-4-6-9-19/h13,17-19,21,30H,4-12,14-16H2,1-3H3,(H,24,32)/t17-,18-,21-/m1/s1. The highest BCUT2D eigenvalue weighted by atomic mass is 16.5. The summed E-state index contributed by atoms with van der Waals surface area (Å²) < 4.78 is 7.96. The van der Waals surface area contributed by atoms with Crippen molar-refractivity contribution >= 4 is 11.9 Å². The molecule has 1 fully saturated rings. The van der Waals surface area contributed by atoms with Crippen molar-refractivity contribution in [2.24, 2.45) is 5.92 Å². The second-order valence-electron chi connectivity index (χ2n) is 9.65. The number of aryl methyl sites for hydroxylation is 1. The van der Waals surface area contributed by atoms with Crippen LogP contribution in [0.1, 0.15) is 64.5 Å². The molecule has 3 atom stereocenters. The average molecular weight is 465 g/mol. The third-order valence-corrected chi connectivity index (χ3v) is 6.78. The molecule has 186 valence electrons. The molecule has 0 aromatic carbocycles. The predicted molar refractivity (Wildman–Crippen MR) is 123 cm³/mol. The number of hydrogen-bond acceptors (Lipinski definition) is 6. The number of amides is 3. The summed E-state index contributed by atoms with van der Waals surface area (Å²) in [5.41, 5.74) is 0.729. The first-order chi connectivity index (χ1) is 15.9. The van der Waals surface area contributed by atoms with E-state index in [4.69, 9.17) is 4.74 Å². The number of aromatic nitrogens is 3. The minimum Gasteiger partial charge on any atom is -0.394 e. The normalized spacial score (nSPS) is 24.4. The van der Waals surface area contributed by atoms with Gasteiger partial charge >= 0.3 is 6.03 Å². The largest absolute Gasteiger partial charge is 0.394 e. The Hall–Kier alpha value is -2.20. The van der Waals surface area contributed by atoms with Gasteiger partial charge in [-0.2, -0.15) is 0 Å². The Morgan fingerprint density at radius 1 is 1.33 bits per heavy atom. The summed E-state index contributed by atoms with van der Waals surface area (Å²) in [7, 11) is 1.78. The number of likely N-dealkylation sites (N-methyl/N-ethyl adjacent to an activating group) is 1. The van der Waals surface area contributed by atoms with E-state index in [2.05, 4.69) is 15.6 Å². The summed E-state index contributed by atoms with van der Waals surface area (Å²) in [5.74, 6) is -0.0474. The van der Waals surface area contributed by atoms with Crippen LogP contribution in [0.25, 0.3) is 0 Å². The van der Waals surface area contributed by atoms with Gasteiger partial charge in [-0.15, -0.1) is 5.10 Å². The molecule has 10 heteroatoms. The maximum absolute atomic E-state index is 12.9. The van der Waals surface area contributed by atoms with Gasteiger partial charge in [0.05, 0.1) is 31.6 Å². The minimum absolute atomic E-state index is 0.00475. The number of carbonyl (C=O) groups excluding carboxylic acids is 2. The van der Waals surface area contributed by atoms with Gasteiger partial charge in [0, 0.05) is 45.1 Å². The summed E-state index contributed by atoms with van der Waals surface area (Å²) in [5, 5.41) is 21.2. The van der Waals surface area contributed by atoms with Gasteiger partial charge in [0.2, 0.25) is 5.91 Å². The van der Waals surface area contributed by atoms with Crippen molar-refractivity contribution in [2.45, 2.75) is 90.1 Å². The maximum atomic E-state index is 12.9. The smallest absolute Gasteiger partial charge is 0.317 e. The van der Waals surface area contributed by atoms with Gasteiger partial charge in [-0.25, -0.2) is 4.79 Å². The lowest BCUT2D eigenvalue weighted by Crippen LogP contribution is -2.50. The third-order valence-electron chi connectivity index (χ3n) is 6.78. The first kappa shape index (κ1) is 25.4. The van der Waals surface area contributed by atoms with Crippen LogP contribution in [0, 0.1) is 5.92 Å². The minimum atomic E-state index is -0.306. The summed E-state index contributed by atoms with van der Waals surface area (Å²) >= 11 is 0. The number of aliphatic hydroxyl groups excluding tert-OH is 1. The SMILES string of the molecule is C[C@@H]1CN([C@H](C)CO)C(=O)CCCn2cc(nn2)CO[C@@H]1CN(C)C(=O)NC1CCCCC1. The number of fused-ring (bicyclic) bond motifs is 2. The predicted octanol–water partition coefficient (Wildman–Crippen LogP) is 1.78. The van der Waals surface area contributed by atoms with Crippen molar-refractivity contribution in [3.8, 4) is 0 Å². The first-order valence-electron chi connectivity index (χ1n) is 12.3. The van der Waals surface area contributed by atoms with Crippen LogP contribution >= 0.6 is 0 Å². The number of ether oxygens (including phenoxy) is 1. The third kappa shape index (κ3) is 7.40. The van der Waals surface area contributed by atoms with Crippen LogP contribution in [0.15, 0.2) is 6.20 Å². The summed E-state index contributed by atoms with van der Waals surface area (Å²) in [6.07, 6.45) is 8.18. The second-order valence-corrected chi connectivity index (χ2v) is 9.65. The molecule has 10 nitrogen and oxygen atoms in total. The van der Waals surface area contributed by atoms with Crippen molar-refractivity contribution in [3.63, 3.8) is 0 Å². The van der Waals surface area contributed by atoms with E-state index >= 15 is 0 Å². The Morgan fingerprint density at radius 3 is 2.82 bits per heavy atom. The zero-order valence-corrected chi connectivity index (χ0v) is 20.3. The van der Waals surface area contributed by atoms with Crippen LogP contribution in [-0.2, 0) is 22.7 Å². The lowest BCUT2D eigenvalue weighted by molar-refractivity contribution is -0.136. The number of carbonyl (C=O) groups is 2. The van der Waals surface area contributed by atoms with Crippen molar-refractivity contribution in [1.29, 1.82) is 0 Å². The second kappa shape index (κ2) is 12.3. The molecule has 33 heavy (non-hydrogen) atoms. The number of urea groups is 1. The molecule has 1 aromatic rings. The van der Waals surface area contributed by atoms with Gasteiger partial charge in [0.1, 0.15) is 5.69 Å². The van der Waals surface area contributed by atoms with E-state index in [0.717, 1.165) is 31.4 Å². The van der Waals surface area contributed by atoms with Gasteiger partial charge in [0.15, 0.2) is 0 Å². The monoisotopic (exact) mass is 464 g/mol. The quantitative estimate of drug-likeness (QED) is 0.687. The molecule has 3 amide bonds. The Labute approximate surface area is 196 Å². The molecule has 2 bridgehead atoms. The molecular formula is C23H40N6O4. The van der Waals surface area contributed by atoms with Gasteiger partial charge < -0.3 is 25.0 Å². The summed E-state index contributed by atoms with van der Waals surface area (Å²) in [6, 6.07) is -0.140. The molecule has 1 saturated carbocycles. The van der Waals surface area contributed by atoms with Crippen molar-refractivity contribution < 1.29 is 19.4 Å². The van der Waals surface area contributed by atoms with Crippen LogP contribution in [0.2, 0.25) is 0 Å². The fourth-order valence-electron chi connectivity index (χ4n) is 4.58. The van der Waals surface area contributed by atoms with Gasteiger partial charge in [0.25, 0.3) is 0 Å². The molecule has 0 spiro atoms. The van der Waals surface area contributed by atoms with Crippen LogP contribution in [0.4, 0.5) is 4.79 Å². The molecule has 1 aliphatic carbocycles. The fraction of sp³-hybridized carbons (Fsp3) is 0.826. The van der Waals surface area contributed by atoms with Crippen LogP contribution in [0.3, 0.4) is 0 Å². The lowest BCUT2D eigenvalue weighted by Gasteiger charge is -2.35. The van der Waals surface area contributed by atoms with E-state index in [-0.39, 0.29) is 49.3 Å². The number of nitrogens with zero attached hydrogens (tertiary/aromatic N) is 5. The van der Waals surface area contributed by atoms with Crippen molar-refractivity contribution in [1.82, 2.24) is 30.1 Å². The molecule has 0 saturated heterocycles. The van der Waals surface area contributed by atoms with Gasteiger partial charge in [-0.1, -0.05) is 31.4 Å². The zero-order valence-electron chi connectivity index (χ0n) is 20.3. The Balaban J connectivity index is 1.71. The van der Waals surface area contributed by atoms with Crippen molar-refractivity contribution in [3.05, 3.63) is 11.9 Å². The van der Waals surface area contributed by atoms with Gasteiger partial charge in [-0.05, 0) is 26.2 Å². The Bertz CT molecular complexity index is 766. The topological polar surface area (TPSA) is 113 Å². The Kier molecular flexibility index (Phi) is 9.49. The molecule has 2 N–H and O–H groups in total. The molecule has 0 unspecified atom stereocenters.